The Kier molecular flexibility index (Phi) is 4.62. The summed E-state index contributed by atoms with van der Waals surface area (Å²) in [5, 5.41) is 10.4. The Morgan fingerprint density at radius 3 is 2.58 bits per heavy atom. The maximum atomic E-state index is 10.7. The highest BCUT2D eigenvalue weighted by Crippen LogP contribution is 1.86. The Morgan fingerprint density at radius 2 is 2.17 bits per heavy atom. The fourth-order valence-corrected chi connectivity index (χ4v) is 0.494. The topological polar surface area (TPSA) is 109 Å². The number of carboxylic acid groups (broad SMARTS) is 1. The van der Waals surface area contributed by atoms with Crippen molar-refractivity contribution in [3.05, 3.63) is 0 Å². The van der Waals surface area contributed by atoms with Crippen LogP contribution in [0.1, 0.15) is 6.42 Å². The first kappa shape index (κ1) is 10.6. The smallest absolute Gasteiger partial charge is 0.321 e. The van der Waals surface area contributed by atoms with Crippen LogP contribution in [-0.4, -0.2) is 35.9 Å². The second kappa shape index (κ2) is 5.25. The molecule has 6 heteroatoms. The van der Waals surface area contributed by atoms with E-state index in [9.17, 15) is 14.4 Å². The third kappa shape index (κ3) is 4.40. The van der Waals surface area contributed by atoms with E-state index in [-0.39, 0.29) is 13.0 Å². The molecule has 67 valence electrons. The molecule has 0 bridgehead atoms. The maximum absolute atomic E-state index is 10.7. The number of carboxylic acids is 1. The molecule has 0 aromatic heterocycles. The number of carbonyl (C=O) groups excluding carboxylic acids is 2. The van der Waals surface area contributed by atoms with Gasteiger partial charge >= 0.3 is 5.97 Å². The fraction of sp³-hybridized carbons (Fsp3) is 0.500. The van der Waals surface area contributed by atoms with Gasteiger partial charge in [-0.3, -0.25) is 14.4 Å². The number of hydrogen-bond acceptors (Lipinski definition) is 4. The number of aliphatic carboxylic acids is 1. The molecule has 0 fully saturated rings. The summed E-state index contributed by atoms with van der Waals surface area (Å²) >= 11 is 0. The van der Waals surface area contributed by atoms with Gasteiger partial charge in [-0.05, 0) is 0 Å². The maximum Gasteiger partial charge on any atom is 0.321 e. The minimum absolute atomic E-state index is 0.245. The SMILES string of the molecule is NC(CC(=O)NC[C]=O)C(=O)O. The van der Waals surface area contributed by atoms with Crippen LogP contribution in [0.15, 0.2) is 0 Å². The third-order valence-electron chi connectivity index (χ3n) is 1.08. The molecule has 4 N–H and O–H groups in total. The lowest BCUT2D eigenvalue weighted by molar-refractivity contribution is -0.140. The van der Waals surface area contributed by atoms with E-state index in [0.717, 1.165) is 0 Å². The molecule has 1 atom stereocenters. The van der Waals surface area contributed by atoms with Crippen LogP contribution in [0.4, 0.5) is 0 Å². The van der Waals surface area contributed by atoms with Gasteiger partial charge in [0.15, 0.2) is 0 Å². The highest BCUT2D eigenvalue weighted by atomic mass is 16.4. The second-order valence-electron chi connectivity index (χ2n) is 2.07. The first-order valence-electron chi connectivity index (χ1n) is 3.18. The third-order valence-corrected chi connectivity index (χ3v) is 1.08. The van der Waals surface area contributed by atoms with Gasteiger partial charge in [0.1, 0.15) is 6.04 Å². The van der Waals surface area contributed by atoms with Crippen LogP contribution in [0, 0.1) is 0 Å². The Balaban J connectivity index is 3.68. The van der Waals surface area contributed by atoms with Gasteiger partial charge in [0, 0.05) is 0 Å². The minimum Gasteiger partial charge on any atom is -0.480 e. The zero-order chi connectivity index (χ0) is 9.56. The number of rotatable bonds is 5. The minimum atomic E-state index is -1.25. The summed E-state index contributed by atoms with van der Waals surface area (Å²) in [6, 6.07) is -1.23. The molecule has 1 radical (unpaired) electrons. The van der Waals surface area contributed by atoms with E-state index in [1.807, 2.05) is 0 Å². The standard InChI is InChI=1S/C6H9N2O4/c7-4(6(11)12)3-5(10)8-1-2-9/h4H,1,3,7H2,(H,8,10)(H,11,12). The zero-order valence-corrected chi connectivity index (χ0v) is 6.24. The Hall–Kier alpha value is -1.43. The molecule has 0 heterocycles. The molecule has 0 rings (SSSR count). The molecule has 0 spiro atoms. The number of nitrogens with one attached hydrogen (secondary N) is 1. The first-order valence-corrected chi connectivity index (χ1v) is 3.18. The fourth-order valence-electron chi connectivity index (χ4n) is 0.494. The van der Waals surface area contributed by atoms with Crippen LogP contribution >= 0.6 is 0 Å². The van der Waals surface area contributed by atoms with Crippen molar-refractivity contribution in [3.8, 4) is 0 Å². The van der Waals surface area contributed by atoms with E-state index in [2.05, 4.69) is 5.32 Å². The Bertz CT molecular complexity index is 192. The van der Waals surface area contributed by atoms with Gasteiger partial charge in [-0.15, -0.1) is 0 Å². The molecule has 0 aliphatic rings. The molecule has 1 amide bonds. The van der Waals surface area contributed by atoms with Gasteiger partial charge in [0.25, 0.3) is 0 Å². The summed E-state index contributed by atoms with van der Waals surface area (Å²) in [4.78, 5) is 30.5. The molecule has 12 heavy (non-hydrogen) atoms. The van der Waals surface area contributed by atoms with Crippen molar-refractivity contribution in [1.82, 2.24) is 5.32 Å². The van der Waals surface area contributed by atoms with Crippen molar-refractivity contribution in [1.29, 1.82) is 0 Å². The molecule has 0 aliphatic heterocycles. The molecule has 6 nitrogen and oxygen atoms in total. The number of nitrogens with two attached hydrogens (primary N) is 1. The second-order valence-corrected chi connectivity index (χ2v) is 2.07. The summed E-state index contributed by atoms with van der Waals surface area (Å²) in [5.41, 5.74) is 5.03. The lowest BCUT2D eigenvalue weighted by Gasteiger charge is -2.04. The normalized spacial score (nSPS) is 11.8. The highest BCUT2D eigenvalue weighted by Gasteiger charge is 2.15. The molecule has 0 aromatic carbocycles. The Morgan fingerprint density at radius 1 is 1.58 bits per heavy atom. The number of carbonyl (C=O) groups is 2. The zero-order valence-electron chi connectivity index (χ0n) is 6.24. The number of hydrogen-bond donors (Lipinski definition) is 3. The lowest BCUT2D eigenvalue weighted by Crippen LogP contribution is -2.37. The van der Waals surface area contributed by atoms with E-state index >= 15 is 0 Å². The summed E-state index contributed by atoms with van der Waals surface area (Å²) in [6.07, 6.45) is 1.09. The molecule has 0 aliphatic carbocycles. The number of amides is 1. The first-order chi connectivity index (χ1) is 5.57. The monoisotopic (exact) mass is 173 g/mol. The van der Waals surface area contributed by atoms with E-state index in [0.29, 0.717) is 0 Å². The molecular formula is C6H9N2O4. The van der Waals surface area contributed by atoms with Gasteiger partial charge in [0.2, 0.25) is 12.2 Å². The summed E-state index contributed by atoms with van der Waals surface area (Å²) in [7, 11) is 0. The van der Waals surface area contributed by atoms with E-state index in [4.69, 9.17) is 10.8 Å². The van der Waals surface area contributed by atoms with Gasteiger partial charge in [0.05, 0.1) is 13.0 Å². The van der Waals surface area contributed by atoms with Gasteiger partial charge < -0.3 is 16.2 Å². The summed E-state index contributed by atoms with van der Waals surface area (Å²) in [5.74, 6) is -1.83. The van der Waals surface area contributed by atoms with Gasteiger partial charge in [-0.2, -0.15) is 0 Å². The van der Waals surface area contributed by atoms with Crippen LogP contribution < -0.4 is 11.1 Å². The molecular weight excluding hydrogens is 164 g/mol. The molecule has 0 saturated carbocycles. The van der Waals surface area contributed by atoms with Crippen molar-refractivity contribution >= 4 is 18.2 Å². The van der Waals surface area contributed by atoms with Crippen LogP contribution in [0.2, 0.25) is 0 Å². The summed E-state index contributed by atoms with van der Waals surface area (Å²) in [6.45, 7) is -0.245. The van der Waals surface area contributed by atoms with E-state index < -0.39 is 17.9 Å². The average Bonchev–Trinajstić information content (AvgIpc) is 2.00. The summed E-state index contributed by atoms with van der Waals surface area (Å²) < 4.78 is 0. The van der Waals surface area contributed by atoms with Crippen molar-refractivity contribution in [2.45, 2.75) is 12.5 Å². The van der Waals surface area contributed by atoms with Crippen molar-refractivity contribution in [2.24, 2.45) is 5.73 Å². The molecule has 0 aromatic rings. The average molecular weight is 173 g/mol. The van der Waals surface area contributed by atoms with Crippen LogP contribution in [0.5, 0.6) is 0 Å². The van der Waals surface area contributed by atoms with Crippen molar-refractivity contribution in [3.63, 3.8) is 0 Å². The van der Waals surface area contributed by atoms with E-state index in [1.165, 1.54) is 6.29 Å². The Labute approximate surface area is 68.7 Å². The predicted octanol–water partition coefficient (Wildman–Crippen LogP) is -1.99. The van der Waals surface area contributed by atoms with Gasteiger partial charge in [-0.1, -0.05) is 0 Å². The van der Waals surface area contributed by atoms with Crippen LogP contribution in [0.3, 0.4) is 0 Å². The predicted molar refractivity (Wildman–Crippen MR) is 38.9 cm³/mol. The van der Waals surface area contributed by atoms with Crippen LogP contribution in [-0.2, 0) is 14.4 Å². The van der Waals surface area contributed by atoms with Gasteiger partial charge in [-0.25, -0.2) is 0 Å². The highest BCUT2D eigenvalue weighted by molar-refractivity contribution is 5.85. The largest absolute Gasteiger partial charge is 0.480 e. The van der Waals surface area contributed by atoms with Crippen molar-refractivity contribution < 1.29 is 19.5 Å². The van der Waals surface area contributed by atoms with E-state index in [1.54, 1.807) is 0 Å². The van der Waals surface area contributed by atoms with Crippen molar-refractivity contribution in [2.75, 3.05) is 6.54 Å². The molecule has 0 saturated heterocycles. The lowest BCUT2D eigenvalue weighted by atomic mass is 10.2. The quantitative estimate of drug-likeness (QED) is 0.446. The van der Waals surface area contributed by atoms with Crippen LogP contribution in [0.25, 0.3) is 0 Å². The molecule has 1 unspecified atom stereocenters.